The fourth-order valence-electron chi connectivity index (χ4n) is 1.98. The smallest absolute Gasteiger partial charge is 0.232 e. The average molecular weight is 380 g/mol. The van der Waals surface area contributed by atoms with Gasteiger partial charge in [-0.25, -0.2) is 4.39 Å². The zero-order valence-electron chi connectivity index (χ0n) is 12.7. The molecule has 0 amide bonds. The summed E-state index contributed by atoms with van der Waals surface area (Å²) in [5.74, 6) is 0.504. The Morgan fingerprint density at radius 2 is 1.68 bits per heavy atom. The molecule has 25 heavy (non-hydrogen) atoms. The molecule has 2 aromatic carbocycles. The minimum atomic E-state index is -0.341. The Labute approximate surface area is 152 Å². The fourth-order valence-corrected chi connectivity index (χ4v) is 2.48. The molecule has 0 aliphatic carbocycles. The highest BCUT2D eigenvalue weighted by Crippen LogP contribution is 2.32. The molecular weight excluding hydrogens is 368 g/mol. The van der Waals surface area contributed by atoms with E-state index in [1.54, 1.807) is 30.3 Å². The lowest BCUT2D eigenvalue weighted by Gasteiger charge is -2.10. The Balaban J connectivity index is 1.76. The predicted molar refractivity (Wildman–Crippen MR) is 94.7 cm³/mol. The molecular formula is C16H12Cl2FN5O. The molecule has 0 radical (unpaired) electrons. The van der Waals surface area contributed by atoms with Crippen molar-refractivity contribution in [1.82, 2.24) is 15.0 Å². The number of para-hydroxylation sites is 1. The third-order valence-corrected chi connectivity index (χ3v) is 3.66. The molecule has 1 heterocycles. The highest BCUT2D eigenvalue weighted by Gasteiger charge is 2.10. The van der Waals surface area contributed by atoms with Crippen molar-refractivity contribution in [3.05, 3.63) is 64.2 Å². The monoisotopic (exact) mass is 379 g/mol. The van der Waals surface area contributed by atoms with Crippen LogP contribution in [0.25, 0.3) is 0 Å². The van der Waals surface area contributed by atoms with E-state index in [1.807, 2.05) is 0 Å². The molecule has 0 aliphatic rings. The van der Waals surface area contributed by atoms with Gasteiger partial charge in [0.1, 0.15) is 12.4 Å². The van der Waals surface area contributed by atoms with Gasteiger partial charge in [0.25, 0.3) is 0 Å². The first-order chi connectivity index (χ1) is 12.0. The first-order valence-corrected chi connectivity index (χ1v) is 7.86. The molecule has 0 saturated heterocycles. The summed E-state index contributed by atoms with van der Waals surface area (Å²) in [6.45, 7) is -0.00568. The summed E-state index contributed by atoms with van der Waals surface area (Å²) in [4.78, 5) is 12.2. The van der Waals surface area contributed by atoms with Gasteiger partial charge in [-0.15, -0.1) is 0 Å². The SMILES string of the molecule is Nc1nc(COc2c(Cl)cccc2Cl)nc(Nc2ccc(F)cc2)n1. The molecule has 9 heteroatoms. The Morgan fingerprint density at radius 3 is 2.36 bits per heavy atom. The summed E-state index contributed by atoms with van der Waals surface area (Å²) in [7, 11) is 0. The normalized spacial score (nSPS) is 10.5. The predicted octanol–water partition coefficient (Wildman–Crippen LogP) is 4.22. The van der Waals surface area contributed by atoms with Crippen LogP contribution in [0, 0.1) is 5.82 Å². The van der Waals surface area contributed by atoms with Crippen molar-refractivity contribution in [1.29, 1.82) is 0 Å². The molecule has 3 aromatic rings. The van der Waals surface area contributed by atoms with Crippen LogP contribution in [0.1, 0.15) is 5.82 Å². The number of nitrogens with one attached hydrogen (secondary N) is 1. The third-order valence-electron chi connectivity index (χ3n) is 3.06. The Kier molecular flexibility index (Phi) is 5.16. The number of nitrogen functional groups attached to an aromatic ring is 1. The average Bonchev–Trinajstić information content (AvgIpc) is 2.56. The van der Waals surface area contributed by atoms with Gasteiger partial charge in [0.05, 0.1) is 10.0 Å². The van der Waals surface area contributed by atoms with Crippen LogP contribution in [-0.4, -0.2) is 15.0 Å². The lowest BCUT2D eigenvalue weighted by atomic mass is 10.3. The van der Waals surface area contributed by atoms with Gasteiger partial charge in [-0.1, -0.05) is 29.3 Å². The molecule has 0 fully saturated rings. The summed E-state index contributed by atoms with van der Waals surface area (Å²) in [5, 5.41) is 3.67. The summed E-state index contributed by atoms with van der Waals surface area (Å²) >= 11 is 12.1. The minimum absolute atomic E-state index is 0.00568. The van der Waals surface area contributed by atoms with Crippen LogP contribution in [0.3, 0.4) is 0 Å². The molecule has 0 unspecified atom stereocenters. The highest BCUT2D eigenvalue weighted by atomic mass is 35.5. The summed E-state index contributed by atoms with van der Waals surface area (Å²) in [6, 6.07) is 10.8. The number of halogens is 3. The molecule has 1 aromatic heterocycles. The van der Waals surface area contributed by atoms with Crippen molar-refractivity contribution >= 4 is 40.8 Å². The molecule has 128 valence electrons. The van der Waals surface area contributed by atoms with Crippen LogP contribution in [0.2, 0.25) is 10.0 Å². The van der Waals surface area contributed by atoms with E-state index in [4.69, 9.17) is 33.7 Å². The topological polar surface area (TPSA) is 86.0 Å². The minimum Gasteiger partial charge on any atom is -0.482 e. The van der Waals surface area contributed by atoms with Crippen molar-refractivity contribution in [3.63, 3.8) is 0 Å². The summed E-state index contributed by atoms with van der Waals surface area (Å²) in [5.41, 5.74) is 6.30. The van der Waals surface area contributed by atoms with Crippen LogP contribution in [0.4, 0.5) is 22.0 Å². The standard InChI is InChI=1S/C16H12Cl2FN5O/c17-11-2-1-3-12(18)14(11)25-8-13-22-15(20)24-16(23-13)21-10-6-4-9(19)5-7-10/h1-7H,8H2,(H3,20,21,22,23,24). The molecule has 0 aliphatic heterocycles. The maximum absolute atomic E-state index is 13.0. The number of hydrogen-bond donors (Lipinski definition) is 2. The van der Waals surface area contributed by atoms with Crippen LogP contribution < -0.4 is 15.8 Å². The van der Waals surface area contributed by atoms with Gasteiger partial charge in [-0.05, 0) is 36.4 Å². The van der Waals surface area contributed by atoms with E-state index >= 15 is 0 Å². The maximum atomic E-state index is 13.0. The van der Waals surface area contributed by atoms with E-state index in [0.29, 0.717) is 21.5 Å². The lowest BCUT2D eigenvalue weighted by Crippen LogP contribution is -2.09. The van der Waals surface area contributed by atoms with E-state index in [0.717, 1.165) is 0 Å². The molecule has 0 bridgehead atoms. The van der Waals surface area contributed by atoms with E-state index in [-0.39, 0.29) is 30.1 Å². The van der Waals surface area contributed by atoms with Crippen molar-refractivity contribution in [2.75, 3.05) is 11.1 Å². The van der Waals surface area contributed by atoms with Crippen molar-refractivity contribution in [3.8, 4) is 5.75 Å². The van der Waals surface area contributed by atoms with Gasteiger partial charge >= 0.3 is 0 Å². The first kappa shape index (κ1) is 17.2. The van der Waals surface area contributed by atoms with Crippen LogP contribution in [-0.2, 0) is 6.61 Å². The van der Waals surface area contributed by atoms with E-state index in [1.165, 1.54) is 12.1 Å². The highest BCUT2D eigenvalue weighted by molar-refractivity contribution is 6.37. The van der Waals surface area contributed by atoms with Gasteiger partial charge in [-0.2, -0.15) is 15.0 Å². The quantitative estimate of drug-likeness (QED) is 0.689. The van der Waals surface area contributed by atoms with Crippen molar-refractivity contribution in [2.24, 2.45) is 0 Å². The van der Waals surface area contributed by atoms with E-state index in [2.05, 4.69) is 20.3 Å². The second-order valence-electron chi connectivity index (χ2n) is 4.90. The van der Waals surface area contributed by atoms with Crippen LogP contribution in [0.5, 0.6) is 5.75 Å². The fraction of sp³-hybridized carbons (Fsp3) is 0.0625. The van der Waals surface area contributed by atoms with Crippen LogP contribution in [0.15, 0.2) is 42.5 Å². The second kappa shape index (κ2) is 7.50. The number of anilines is 3. The number of benzene rings is 2. The number of rotatable bonds is 5. The van der Waals surface area contributed by atoms with Crippen LogP contribution >= 0.6 is 23.2 Å². The summed E-state index contributed by atoms with van der Waals surface area (Å²) < 4.78 is 18.5. The van der Waals surface area contributed by atoms with Gasteiger partial charge in [0.2, 0.25) is 11.9 Å². The van der Waals surface area contributed by atoms with E-state index < -0.39 is 0 Å². The molecule has 0 atom stereocenters. The number of ether oxygens (including phenoxy) is 1. The lowest BCUT2D eigenvalue weighted by molar-refractivity contribution is 0.296. The third kappa shape index (κ3) is 4.46. The van der Waals surface area contributed by atoms with Gasteiger partial charge in [0.15, 0.2) is 11.6 Å². The van der Waals surface area contributed by atoms with Crippen molar-refractivity contribution in [2.45, 2.75) is 6.61 Å². The molecule has 3 rings (SSSR count). The Hall–Kier alpha value is -2.64. The van der Waals surface area contributed by atoms with Gasteiger partial charge < -0.3 is 15.8 Å². The Morgan fingerprint density at radius 1 is 1.00 bits per heavy atom. The number of nitrogens with zero attached hydrogens (tertiary/aromatic N) is 3. The van der Waals surface area contributed by atoms with Gasteiger partial charge in [-0.3, -0.25) is 0 Å². The van der Waals surface area contributed by atoms with Crippen molar-refractivity contribution < 1.29 is 9.13 Å². The number of aromatic nitrogens is 3. The summed E-state index contributed by atoms with van der Waals surface area (Å²) in [6.07, 6.45) is 0. The first-order valence-electron chi connectivity index (χ1n) is 7.11. The van der Waals surface area contributed by atoms with Gasteiger partial charge in [0, 0.05) is 5.69 Å². The zero-order chi connectivity index (χ0) is 17.8. The maximum Gasteiger partial charge on any atom is 0.232 e. The largest absolute Gasteiger partial charge is 0.482 e. The second-order valence-corrected chi connectivity index (χ2v) is 5.72. The molecule has 6 nitrogen and oxygen atoms in total. The molecule has 3 N–H and O–H groups in total. The molecule has 0 spiro atoms. The Bertz CT molecular complexity index is 872. The zero-order valence-corrected chi connectivity index (χ0v) is 14.2. The molecule has 0 saturated carbocycles. The van der Waals surface area contributed by atoms with E-state index in [9.17, 15) is 4.39 Å². The number of hydrogen-bond acceptors (Lipinski definition) is 6. The number of nitrogens with two attached hydrogens (primary N) is 1.